The number of hydrogen-bond acceptors (Lipinski definition) is 3. The first-order valence-corrected chi connectivity index (χ1v) is 5.06. The Morgan fingerprint density at radius 3 is 2.86 bits per heavy atom. The lowest BCUT2D eigenvalue weighted by Gasteiger charge is -1.98. The molecule has 0 aliphatic carbocycles. The molecule has 2 aromatic rings. The summed E-state index contributed by atoms with van der Waals surface area (Å²) in [5, 5.41) is 10.6. The van der Waals surface area contributed by atoms with Gasteiger partial charge in [0.1, 0.15) is 0 Å². The normalized spacial score (nSPS) is 10.7. The summed E-state index contributed by atoms with van der Waals surface area (Å²) in [6.45, 7) is 3.84. The molecule has 2 aromatic heterocycles. The van der Waals surface area contributed by atoms with E-state index in [-0.39, 0.29) is 0 Å². The molecule has 0 fully saturated rings. The van der Waals surface area contributed by atoms with Crippen LogP contribution in [0.1, 0.15) is 21.6 Å². The van der Waals surface area contributed by atoms with Crippen LogP contribution in [0.25, 0.3) is 10.2 Å². The zero-order valence-electron chi connectivity index (χ0n) is 7.87. The molecule has 0 aromatic carbocycles. The van der Waals surface area contributed by atoms with E-state index in [1.54, 1.807) is 5.38 Å². The first-order chi connectivity index (χ1) is 6.59. The number of aromatic carboxylic acids is 1. The van der Waals surface area contributed by atoms with Crippen molar-refractivity contribution in [3.8, 4) is 0 Å². The van der Waals surface area contributed by atoms with Gasteiger partial charge in [-0.05, 0) is 25.5 Å². The van der Waals surface area contributed by atoms with Crippen molar-refractivity contribution in [2.75, 3.05) is 0 Å². The maximum Gasteiger partial charge on any atom is 0.338 e. The van der Waals surface area contributed by atoms with Gasteiger partial charge in [0.25, 0.3) is 0 Å². The van der Waals surface area contributed by atoms with E-state index in [2.05, 4.69) is 4.98 Å². The van der Waals surface area contributed by atoms with Gasteiger partial charge in [-0.15, -0.1) is 11.3 Å². The Kier molecular flexibility index (Phi) is 2.00. The molecule has 0 amide bonds. The summed E-state index contributed by atoms with van der Waals surface area (Å²) in [5.41, 5.74) is 2.86. The van der Waals surface area contributed by atoms with Crippen molar-refractivity contribution in [1.82, 2.24) is 4.98 Å². The average Bonchev–Trinajstić information content (AvgIpc) is 2.47. The highest BCUT2D eigenvalue weighted by molar-refractivity contribution is 7.17. The summed E-state index contributed by atoms with van der Waals surface area (Å²) < 4.78 is 0.966. The van der Waals surface area contributed by atoms with Gasteiger partial charge in [0.2, 0.25) is 0 Å². The van der Waals surface area contributed by atoms with Gasteiger partial charge in [0.05, 0.1) is 15.8 Å². The van der Waals surface area contributed by atoms with Crippen molar-refractivity contribution in [1.29, 1.82) is 0 Å². The van der Waals surface area contributed by atoms with Gasteiger partial charge in [-0.1, -0.05) is 0 Å². The van der Waals surface area contributed by atoms with Crippen molar-refractivity contribution >= 4 is 27.5 Å². The Morgan fingerprint density at radius 1 is 1.50 bits per heavy atom. The minimum Gasteiger partial charge on any atom is -0.478 e. The minimum atomic E-state index is -0.909. The number of rotatable bonds is 1. The van der Waals surface area contributed by atoms with Crippen LogP contribution in [0.2, 0.25) is 0 Å². The summed E-state index contributed by atoms with van der Waals surface area (Å²) in [6, 6.07) is 1.96. The summed E-state index contributed by atoms with van der Waals surface area (Å²) in [5.74, 6) is -0.909. The number of aromatic nitrogens is 1. The molecule has 0 atom stereocenters. The average molecular weight is 207 g/mol. The van der Waals surface area contributed by atoms with Crippen LogP contribution in [-0.2, 0) is 0 Å². The van der Waals surface area contributed by atoms with Gasteiger partial charge in [-0.25, -0.2) is 4.79 Å². The Labute approximate surface area is 85.0 Å². The third-order valence-corrected chi connectivity index (χ3v) is 3.17. The summed E-state index contributed by atoms with van der Waals surface area (Å²) in [7, 11) is 0. The number of carbonyl (C=O) groups is 1. The van der Waals surface area contributed by atoms with Crippen molar-refractivity contribution in [2.24, 2.45) is 0 Å². The second-order valence-electron chi connectivity index (χ2n) is 3.21. The predicted molar refractivity (Wildman–Crippen MR) is 56.1 cm³/mol. The molecule has 0 aliphatic rings. The van der Waals surface area contributed by atoms with E-state index in [1.807, 2.05) is 19.9 Å². The number of fused-ring (bicyclic) bond motifs is 1. The first kappa shape index (κ1) is 9.15. The number of pyridine rings is 1. The van der Waals surface area contributed by atoms with E-state index < -0.39 is 5.97 Å². The summed E-state index contributed by atoms with van der Waals surface area (Å²) >= 11 is 1.43. The molecule has 2 heterocycles. The van der Waals surface area contributed by atoms with E-state index in [4.69, 9.17) is 5.11 Å². The molecule has 1 N–H and O–H groups in total. The maximum absolute atomic E-state index is 10.9. The quantitative estimate of drug-likeness (QED) is 0.782. The molecule has 0 saturated carbocycles. The third kappa shape index (κ3) is 1.28. The van der Waals surface area contributed by atoms with Gasteiger partial charge in [-0.2, -0.15) is 0 Å². The number of carboxylic acid groups (broad SMARTS) is 1. The molecule has 0 unspecified atom stereocenters. The molecule has 14 heavy (non-hydrogen) atoms. The minimum absolute atomic E-state index is 0.303. The Morgan fingerprint density at radius 2 is 2.21 bits per heavy atom. The van der Waals surface area contributed by atoms with Crippen molar-refractivity contribution in [3.05, 3.63) is 28.3 Å². The number of aryl methyl sites for hydroxylation is 2. The maximum atomic E-state index is 10.9. The van der Waals surface area contributed by atoms with Crippen LogP contribution in [-0.4, -0.2) is 16.1 Å². The Hall–Kier alpha value is -1.42. The van der Waals surface area contributed by atoms with E-state index in [9.17, 15) is 4.79 Å². The summed E-state index contributed by atoms with van der Waals surface area (Å²) in [6.07, 6.45) is 0. The van der Waals surface area contributed by atoms with Gasteiger partial charge in [0, 0.05) is 11.1 Å². The van der Waals surface area contributed by atoms with Gasteiger partial charge < -0.3 is 5.11 Å². The number of thiophene rings is 1. The lowest BCUT2D eigenvalue weighted by molar-refractivity contribution is 0.0699. The molecule has 0 radical (unpaired) electrons. The number of nitrogens with zero attached hydrogens (tertiary/aromatic N) is 1. The van der Waals surface area contributed by atoms with Crippen molar-refractivity contribution in [3.63, 3.8) is 0 Å². The van der Waals surface area contributed by atoms with E-state index in [0.717, 1.165) is 16.0 Å². The lowest BCUT2D eigenvalue weighted by Crippen LogP contribution is -1.96. The zero-order valence-corrected chi connectivity index (χ0v) is 8.68. The molecule has 0 saturated heterocycles. The second kappa shape index (κ2) is 3.06. The van der Waals surface area contributed by atoms with Gasteiger partial charge >= 0.3 is 5.97 Å². The van der Waals surface area contributed by atoms with Crippen LogP contribution in [0.3, 0.4) is 0 Å². The molecule has 4 heteroatoms. The van der Waals surface area contributed by atoms with Crippen LogP contribution < -0.4 is 0 Å². The van der Waals surface area contributed by atoms with Crippen LogP contribution in [0.5, 0.6) is 0 Å². The largest absolute Gasteiger partial charge is 0.478 e. The Bertz CT molecular complexity index is 516. The highest BCUT2D eigenvalue weighted by Gasteiger charge is 2.13. The van der Waals surface area contributed by atoms with Crippen molar-refractivity contribution < 1.29 is 9.90 Å². The van der Waals surface area contributed by atoms with E-state index >= 15 is 0 Å². The molecular weight excluding hydrogens is 198 g/mol. The fraction of sp³-hybridized carbons (Fsp3) is 0.200. The monoisotopic (exact) mass is 207 g/mol. The van der Waals surface area contributed by atoms with Gasteiger partial charge in [0.15, 0.2) is 0 Å². The molecule has 0 spiro atoms. The van der Waals surface area contributed by atoms with E-state index in [1.165, 1.54) is 11.3 Å². The van der Waals surface area contributed by atoms with Crippen LogP contribution >= 0.6 is 11.3 Å². The fourth-order valence-corrected chi connectivity index (χ4v) is 2.44. The molecule has 3 nitrogen and oxygen atoms in total. The van der Waals surface area contributed by atoms with Gasteiger partial charge in [-0.3, -0.25) is 4.98 Å². The third-order valence-electron chi connectivity index (χ3n) is 2.07. The van der Waals surface area contributed by atoms with Crippen LogP contribution in [0.15, 0.2) is 11.4 Å². The van der Waals surface area contributed by atoms with Crippen LogP contribution in [0, 0.1) is 13.8 Å². The summed E-state index contributed by atoms with van der Waals surface area (Å²) in [4.78, 5) is 15.1. The molecule has 0 bridgehead atoms. The first-order valence-electron chi connectivity index (χ1n) is 4.18. The standard InChI is InChI=1S/C10H9NO2S/c1-5-3-6(2)11-8-7(10(12)13)4-14-9(5)8/h3-4H,1-2H3,(H,12,13). The topological polar surface area (TPSA) is 50.2 Å². The van der Waals surface area contributed by atoms with E-state index in [0.29, 0.717) is 11.1 Å². The second-order valence-corrected chi connectivity index (χ2v) is 4.09. The highest BCUT2D eigenvalue weighted by Crippen LogP contribution is 2.27. The SMILES string of the molecule is Cc1cc(C)c2scc(C(=O)O)c2n1. The Balaban J connectivity index is 2.85. The molecule has 2 rings (SSSR count). The zero-order chi connectivity index (χ0) is 10.3. The lowest BCUT2D eigenvalue weighted by atomic mass is 10.2. The number of carboxylic acids is 1. The molecular formula is C10H9NO2S. The smallest absolute Gasteiger partial charge is 0.338 e. The van der Waals surface area contributed by atoms with Crippen molar-refractivity contribution in [2.45, 2.75) is 13.8 Å². The highest BCUT2D eigenvalue weighted by atomic mass is 32.1. The molecule has 72 valence electrons. The number of hydrogen-bond donors (Lipinski definition) is 1. The fourth-order valence-electron chi connectivity index (χ4n) is 1.48. The van der Waals surface area contributed by atoms with Crippen LogP contribution in [0.4, 0.5) is 0 Å². The molecule has 0 aliphatic heterocycles. The predicted octanol–water partition coefficient (Wildman–Crippen LogP) is 2.61.